The summed E-state index contributed by atoms with van der Waals surface area (Å²) >= 11 is 0. The van der Waals surface area contributed by atoms with E-state index in [0.717, 1.165) is 0 Å². The summed E-state index contributed by atoms with van der Waals surface area (Å²) < 4.78 is 8.69. The van der Waals surface area contributed by atoms with Gasteiger partial charge in [0.25, 0.3) is 0 Å². The van der Waals surface area contributed by atoms with Crippen LogP contribution in [0.15, 0.2) is 0 Å². The van der Waals surface area contributed by atoms with E-state index >= 15 is 0 Å². The van der Waals surface area contributed by atoms with Crippen molar-refractivity contribution in [1.29, 1.82) is 0 Å². The number of rotatable bonds is 0. The Hall–Kier alpha value is -1.72. The molecule has 0 amide bonds. The number of fused-ring (bicyclic) bond motifs is 4. The molecule has 2 aliphatic heterocycles. The van der Waals surface area contributed by atoms with Gasteiger partial charge in [-0.2, -0.15) is 0 Å². The number of hydrogen-bond donors (Lipinski definition) is 0. The van der Waals surface area contributed by atoms with Gasteiger partial charge in [-0.15, -0.1) is 0 Å². The molecular formula is C10H10O6. The first-order chi connectivity index (χ1) is 7.61. The molecule has 2 saturated heterocycles. The second-order valence-electron chi connectivity index (χ2n) is 3.58. The summed E-state index contributed by atoms with van der Waals surface area (Å²) in [7, 11) is 0. The zero-order valence-corrected chi connectivity index (χ0v) is 8.76. The van der Waals surface area contributed by atoms with Crippen LogP contribution in [0, 0.1) is 23.7 Å². The van der Waals surface area contributed by atoms with Gasteiger partial charge < -0.3 is 9.47 Å². The van der Waals surface area contributed by atoms with Crippen molar-refractivity contribution < 1.29 is 28.7 Å². The Morgan fingerprint density at radius 2 is 0.812 bits per heavy atom. The van der Waals surface area contributed by atoms with Crippen LogP contribution in [0.2, 0.25) is 0 Å². The monoisotopic (exact) mass is 226 g/mol. The van der Waals surface area contributed by atoms with Crippen molar-refractivity contribution in [2.75, 3.05) is 0 Å². The molecule has 0 spiro atoms. The number of carbonyl (C=O) groups excluding carboxylic acids is 4. The minimum atomic E-state index is -0.786. The highest BCUT2D eigenvalue weighted by Gasteiger charge is 2.72. The minimum Gasteiger partial charge on any atom is -0.393 e. The molecule has 6 nitrogen and oxygen atoms in total. The first kappa shape index (κ1) is 10.8. The summed E-state index contributed by atoms with van der Waals surface area (Å²) in [5.41, 5.74) is 0. The molecule has 0 radical (unpaired) electrons. The average molecular weight is 226 g/mol. The molecule has 0 unspecified atom stereocenters. The van der Waals surface area contributed by atoms with E-state index in [4.69, 9.17) is 0 Å². The maximum Gasteiger partial charge on any atom is 0.318 e. The van der Waals surface area contributed by atoms with Crippen molar-refractivity contribution in [3.63, 3.8) is 0 Å². The Morgan fingerprint density at radius 3 is 1.00 bits per heavy atom. The van der Waals surface area contributed by atoms with Crippen LogP contribution in [-0.4, -0.2) is 23.9 Å². The van der Waals surface area contributed by atoms with Gasteiger partial charge in [0.2, 0.25) is 0 Å². The van der Waals surface area contributed by atoms with E-state index in [-0.39, 0.29) is 0 Å². The predicted molar refractivity (Wildman–Crippen MR) is 47.5 cm³/mol. The van der Waals surface area contributed by atoms with E-state index in [1.165, 1.54) is 0 Å². The fourth-order valence-corrected chi connectivity index (χ4v) is 2.39. The molecule has 3 fully saturated rings. The van der Waals surface area contributed by atoms with E-state index in [2.05, 4.69) is 9.47 Å². The fourth-order valence-electron chi connectivity index (χ4n) is 2.39. The Kier molecular flexibility index (Phi) is 2.29. The zero-order chi connectivity index (χ0) is 12.0. The summed E-state index contributed by atoms with van der Waals surface area (Å²) in [4.78, 5) is 44.3. The lowest BCUT2D eigenvalue weighted by Gasteiger charge is -2.33. The van der Waals surface area contributed by atoms with E-state index in [9.17, 15) is 19.2 Å². The van der Waals surface area contributed by atoms with Crippen molar-refractivity contribution in [2.24, 2.45) is 23.7 Å². The second kappa shape index (κ2) is 3.40. The molecule has 3 aliphatic rings. The lowest BCUT2D eigenvalue weighted by molar-refractivity contribution is -0.158. The Balaban J connectivity index is 0.000000457. The largest absolute Gasteiger partial charge is 0.393 e. The Bertz CT molecular complexity index is 316. The first-order valence-corrected chi connectivity index (χ1v) is 5.12. The van der Waals surface area contributed by atoms with Crippen LogP contribution in [0.3, 0.4) is 0 Å². The zero-order valence-electron chi connectivity index (χ0n) is 8.76. The maximum absolute atomic E-state index is 11.1. The molecule has 86 valence electrons. The third-order valence-electron chi connectivity index (χ3n) is 3.04. The molecule has 16 heavy (non-hydrogen) atoms. The third kappa shape index (κ3) is 1.07. The number of esters is 4. The molecule has 0 N–H and O–H groups in total. The SMILES string of the molecule is CC.O=C1OC(=O)C2C1C1C(=O)OC(=O)C21. The molecule has 0 aromatic rings. The van der Waals surface area contributed by atoms with Gasteiger partial charge in [-0.1, -0.05) is 13.8 Å². The highest BCUT2D eigenvalue weighted by atomic mass is 16.6. The molecule has 0 aromatic heterocycles. The quantitative estimate of drug-likeness (QED) is 0.414. The highest BCUT2D eigenvalue weighted by molar-refractivity contribution is 6.10. The van der Waals surface area contributed by atoms with E-state index < -0.39 is 47.5 Å². The molecule has 0 atom stereocenters. The number of hydrogen-bond acceptors (Lipinski definition) is 6. The molecular weight excluding hydrogens is 216 g/mol. The van der Waals surface area contributed by atoms with Gasteiger partial charge in [-0.3, -0.25) is 19.2 Å². The fraction of sp³-hybridized carbons (Fsp3) is 0.600. The normalized spacial score (nSPS) is 38.9. The van der Waals surface area contributed by atoms with Crippen LogP contribution in [0.4, 0.5) is 0 Å². The molecule has 0 aromatic carbocycles. The van der Waals surface area contributed by atoms with E-state index in [0.29, 0.717) is 0 Å². The van der Waals surface area contributed by atoms with Crippen molar-refractivity contribution in [1.82, 2.24) is 0 Å². The standard InChI is InChI=1S/C8H4O6.C2H6/c9-5-1-2(6(10)13-5)4-3(1)7(11)14-8(4)12;1-2/h1-4H;1-2H3. The van der Waals surface area contributed by atoms with Crippen LogP contribution in [0.25, 0.3) is 0 Å². The van der Waals surface area contributed by atoms with Crippen LogP contribution in [0.1, 0.15) is 13.8 Å². The third-order valence-corrected chi connectivity index (χ3v) is 3.04. The molecule has 2 heterocycles. The average Bonchev–Trinajstić information content (AvgIpc) is 2.51. The van der Waals surface area contributed by atoms with Gasteiger partial charge >= 0.3 is 23.9 Å². The smallest absolute Gasteiger partial charge is 0.318 e. The van der Waals surface area contributed by atoms with Gasteiger partial charge in [-0.25, -0.2) is 0 Å². The van der Waals surface area contributed by atoms with Crippen molar-refractivity contribution >= 4 is 23.9 Å². The molecule has 1 aliphatic carbocycles. The van der Waals surface area contributed by atoms with Gasteiger partial charge in [-0.05, 0) is 0 Å². The van der Waals surface area contributed by atoms with E-state index in [1.54, 1.807) is 0 Å². The summed E-state index contributed by atoms with van der Waals surface area (Å²) in [6, 6.07) is 0. The molecule has 6 heteroatoms. The lowest BCUT2D eigenvalue weighted by Crippen LogP contribution is -2.50. The van der Waals surface area contributed by atoms with Crippen LogP contribution < -0.4 is 0 Å². The topological polar surface area (TPSA) is 86.7 Å². The second-order valence-corrected chi connectivity index (χ2v) is 3.58. The van der Waals surface area contributed by atoms with Crippen LogP contribution in [0.5, 0.6) is 0 Å². The molecule has 3 rings (SSSR count). The number of ether oxygens (including phenoxy) is 2. The predicted octanol–water partition coefficient (Wildman–Crippen LogP) is -0.342. The van der Waals surface area contributed by atoms with E-state index in [1.807, 2.05) is 13.8 Å². The molecule has 1 saturated carbocycles. The Morgan fingerprint density at radius 1 is 0.625 bits per heavy atom. The summed E-state index contributed by atoms with van der Waals surface area (Å²) in [5.74, 6) is -6.00. The van der Waals surface area contributed by atoms with Gasteiger partial charge in [0, 0.05) is 0 Å². The van der Waals surface area contributed by atoms with Gasteiger partial charge in [0.05, 0.1) is 23.7 Å². The Labute approximate surface area is 90.9 Å². The highest BCUT2D eigenvalue weighted by Crippen LogP contribution is 2.54. The number of carbonyl (C=O) groups is 4. The lowest BCUT2D eigenvalue weighted by atomic mass is 9.59. The van der Waals surface area contributed by atoms with Crippen molar-refractivity contribution in [3.05, 3.63) is 0 Å². The van der Waals surface area contributed by atoms with Crippen molar-refractivity contribution in [3.8, 4) is 0 Å². The van der Waals surface area contributed by atoms with Crippen LogP contribution >= 0.6 is 0 Å². The minimum absolute atomic E-state index is 0.715. The van der Waals surface area contributed by atoms with Crippen LogP contribution in [-0.2, 0) is 28.7 Å². The summed E-state index contributed by atoms with van der Waals surface area (Å²) in [6.45, 7) is 4.00. The maximum atomic E-state index is 11.1. The number of cyclic esters (lactones) is 4. The molecule has 0 bridgehead atoms. The summed E-state index contributed by atoms with van der Waals surface area (Å²) in [5, 5.41) is 0. The van der Waals surface area contributed by atoms with Gasteiger partial charge in [0.1, 0.15) is 0 Å². The van der Waals surface area contributed by atoms with Crippen molar-refractivity contribution in [2.45, 2.75) is 13.8 Å². The van der Waals surface area contributed by atoms with Gasteiger partial charge in [0.15, 0.2) is 0 Å². The summed E-state index contributed by atoms with van der Waals surface area (Å²) in [6.07, 6.45) is 0. The first-order valence-electron chi connectivity index (χ1n) is 5.12.